The van der Waals surface area contributed by atoms with E-state index in [1.54, 1.807) is 19.1 Å². The summed E-state index contributed by atoms with van der Waals surface area (Å²) in [5.74, 6) is -0.868. The van der Waals surface area contributed by atoms with E-state index in [9.17, 15) is 18.0 Å². The van der Waals surface area contributed by atoms with Crippen LogP contribution in [0.1, 0.15) is 43.9 Å². The van der Waals surface area contributed by atoms with Crippen molar-refractivity contribution >= 4 is 50.7 Å². The molecular weight excluding hydrogens is 569 g/mol. The van der Waals surface area contributed by atoms with Crippen molar-refractivity contribution in [3.05, 3.63) is 93.5 Å². The third-order valence-corrected chi connectivity index (χ3v) is 9.21. The molecule has 3 aromatic rings. The van der Waals surface area contributed by atoms with Crippen molar-refractivity contribution in [2.24, 2.45) is 0 Å². The van der Waals surface area contributed by atoms with E-state index in [0.717, 1.165) is 27.4 Å². The van der Waals surface area contributed by atoms with Gasteiger partial charge in [-0.15, -0.1) is 0 Å². The maximum absolute atomic E-state index is 14.0. The fraction of sp³-hybridized carbons (Fsp3) is 0.333. The smallest absolute Gasteiger partial charge is 0.264 e. The summed E-state index contributed by atoms with van der Waals surface area (Å²) in [4.78, 5) is 28.5. The van der Waals surface area contributed by atoms with Crippen LogP contribution in [0.25, 0.3) is 0 Å². The molecule has 7 nitrogen and oxygen atoms in total. The number of anilines is 1. The first kappa shape index (κ1) is 31.5. The summed E-state index contributed by atoms with van der Waals surface area (Å²) < 4.78 is 28.8. The van der Waals surface area contributed by atoms with E-state index in [-0.39, 0.29) is 39.1 Å². The molecule has 1 N–H and O–H groups in total. The van der Waals surface area contributed by atoms with Gasteiger partial charge in [-0.05, 0) is 70.0 Å². The van der Waals surface area contributed by atoms with Crippen molar-refractivity contribution in [2.75, 3.05) is 10.8 Å². The maximum atomic E-state index is 14.0. The minimum absolute atomic E-state index is 0.0183. The largest absolute Gasteiger partial charge is 0.352 e. The first-order valence-electron chi connectivity index (χ1n) is 13.0. The number of hydrogen-bond donors (Lipinski definition) is 1. The summed E-state index contributed by atoms with van der Waals surface area (Å²) in [5, 5.41) is 3.32. The molecule has 2 atom stereocenters. The third kappa shape index (κ3) is 7.77. The molecule has 0 spiro atoms. The summed E-state index contributed by atoms with van der Waals surface area (Å²) in [6.07, 6.45) is 0.726. The molecule has 3 rings (SSSR count). The number of benzene rings is 3. The molecule has 2 amide bonds. The van der Waals surface area contributed by atoms with Crippen molar-refractivity contribution in [1.82, 2.24) is 10.2 Å². The Hall–Kier alpha value is -3.07. The summed E-state index contributed by atoms with van der Waals surface area (Å²) in [7, 11) is -4.19. The van der Waals surface area contributed by atoms with Crippen LogP contribution in [0.15, 0.2) is 71.6 Å². The Morgan fingerprint density at radius 1 is 0.900 bits per heavy atom. The molecule has 0 aliphatic carbocycles. The molecule has 40 heavy (non-hydrogen) atoms. The molecule has 0 radical (unpaired) electrons. The zero-order chi connectivity index (χ0) is 29.6. The highest BCUT2D eigenvalue weighted by molar-refractivity contribution is 7.92. The number of halogens is 2. The fourth-order valence-electron chi connectivity index (χ4n) is 4.06. The number of carbonyl (C=O) groups excluding carboxylic acids is 2. The Morgan fingerprint density at radius 3 is 2.17 bits per heavy atom. The number of sulfonamides is 1. The second-order valence-electron chi connectivity index (χ2n) is 9.93. The Balaban J connectivity index is 2.05. The normalized spacial score (nSPS) is 12.9. The molecule has 0 unspecified atom stereocenters. The molecule has 0 bridgehead atoms. The lowest BCUT2D eigenvalue weighted by Gasteiger charge is -2.32. The molecule has 0 saturated carbocycles. The van der Waals surface area contributed by atoms with Gasteiger partial charge in [0, 0.05) is 12.6 Å². The van der Waals surface area contributed by atoms with Crippen molar-refractivity contribution in [1.29, 1.82) is 0 Å². The predicted octanol–water partition coefficient (Wildman–Crippen LogP) is 6.14. The number of amides is 2. The molecule has 0 heterocycles. The first-order chi connectivity index (χ1) is 18.8. The van der Waals surface area contributed by atoms with E-state index in [1.165, 1.54) is 35.2 Å². The minimum atomic E-state index is -4.19. The molecule has 10 heteroatoms. The van der Waals surface area contributed by atoms with Crippen LogP contribution in [0.2, 0.25) is 10.0 Å². The standard InChI is InChI=1S/C30H35Cl2N3O4S/c1-6-22(4)33-30(37)23(5)34(18-24-9-7-8-21(3)16-24)29(36)19-35(25-12-15-27(31)28(32)17-25)40(38,39)26-13-10-20(2)11-14-26/h7-17,22-23H,6,18-19H2,1-5H3,(H,33,37)/t22-,23+/m1/s1. The lowest BCUT2D eigenvalue weighted by molar-refractivity contribution is -0.139. The predicted molar refractivity (Wildman–Crippen MR) is 161 cm³/mol. The second-order valence-corrected chi connectivity index (χ2v) is 12.6. The third-order valence-electron chi connectivity index (χ3n) is 6.68. The van der Waals surface area contributed by atoms with Gasteiger partial charge in [-0.25, -0.2) is 8.42 Å². The number of nitrogens with one attached hydrogen (secondary N) is 1. The fourth-order valence-corrected chi connectivity index (χ4v) is 5.76. The van der Waals surface area contributed by atoms with E-state index < -0.39 is 28.5 Å². The van der Waals surface area contributed by atoms with E-state index >= 15 is 0 Å². The Kier molecular flexibility index (Phi) is 10.6. The molecule has 0 aromatic heterocycles. The van der Waals surface area contributed by atoms with Gasteiger partial charge in [-0.2, -0.15) is 0 Å². The van der Waals surface area contributed by atoms with Crippen molar-refractivity contribution in [3.63, 3.8) is 0 Å². The van der Waals surface area contributed by atoms with Gasteiger partial charge in [0.15, 0.2) is 0 Å². The van der Waals surface area contributed by atoms with Crippen molar-refractivity contribution in [3.8, 4) is 0 Å². The molecule has 214 valence electrons. The summed E-state index contributed by atoms with van der Waals surface area (Å²) in [5.41, 5.74) is 2.89. The highest BCUT2D eigenvalue weighted by atomic mass is 35.5. The Bertz CT molecular complexity index is 1460. The zero-order valence-electron chi connectivity index (χ0n) is 23.3. The topological polar surface area (TPSA) is 86.8 Å². The van der Waals surface area contributed by atoms with Crippen molar-refractivity contribution in [2.45, 2.75) is 64.6 Å². The summed E-state index contributed by atoms with van der Waals surface area (Å²) >= 11 is 12.4. The van der Waals surface area contributed by atoms with Crippen LogP contribution < -0.4 is 9.62 Å². The molecule has 0 aliphatic rings. The monoisotopic (exact) mass is 603 g/mol. The average molecular weight is 605 g/mol. The van der Waals surface area contributed by atoms with E-state index in [0.29, 0.717) is 0 Å². The van der Waals surface area contributed by atoms with E-state index in [2.05, 4.69) is 5.32 Å². The van der Waals surface area contributed by atoms with Crippen molar-refractivity contribution < 1.29 is 18.0 Å². The number of carbonyl (C=O) groups is 2. The SMILES string of the molecule is CC[C@@H](C)NC(=O)[C@H](C)N(Cc1cccc(C)c1)C(=O)CN(c1ccc(Cl)c(Cl)c1)S(=O)(=O)c1ccc(C)cc1. The second kappa shape index (κ2) is 13.5. The molecular formula is C30H35Cl2N3O4S. The van der Waals surface area contributed by atoms with Crippen LogP contribution in [0, 0.1) is 13.8 Å². The summed E-state index contributed by atoms with van der Waals surface area (Å²) in [6.45, 7) is 8.84. The van der Waals surface area contributed by atoms with E-state index in [4.69, 9.17) is 23.2 Å². The lowest BCUT2D eigenvalue weighted by Crippen LogP contribution is -2.52. The van der Waals surface area contributed by atoms with Gasteiger partial charge in [0.1, 0.15) is 12.6 Å². The molecule has 0 aliphatic heterocycles. The number of aryl methyl sites for hydroxylation is 2. The average Bonchev–Trinajstić information content (AvgIpc) is 2.91. The van der Waals surface area contributed by atoms with Crippen LogP contribution in [-0.4, -0.2) is 43.8 Å². The molecule has 0 fully saturated rings. The minimum Gasteiger partial charge on any atom is -0.352 e. The van der Waals surface area contributed by atoms with Crippen LogP contribution >= 0.6 is 23.2 Å². The number of rotatable bonds is 11. The van der Waals surface area contributed by atoms with Gasteiger partial charge in [0.2, 0.25) is 11.8 Å². The van der Waals surface area contributed by atoms with Gasteiger partial charge >= 0.3 is 0 Å². The van der Waals surface area contributed by atoms with E-state index in [1.807, 2.05) is 52.0 Å². The molecule has 3 aromatic carbocycles. The van der Waals surface area contributed by atoms with Gasteiger partial charge in [0.25, 0.3) is 10.0 Å². The van der Waals surface area contributed by atoms with Gasteiger partial charge in [0.05, 0.1) is 20.6 Å². The summed E-state index contributed by atoms with van der Waals surface area (Å²) in [6, 6.07) is 17.4. The zero-order valence-corrected chi connectivity index (χ0v) is 25.6. The molecule has 0 saturated heterocycles. The van der Waals surface area contributed by atoms with Crippen LogP contribution in [0.3, 0.4) is 0 Å². The van der Waals surface area contributed by atoms with Crippen LogP contribution in [0.4, 0.5) is 5.69 Å². The number of nitrogens with zero attached hydrogens (tertiary/aromatic N) is 2. The quantitative estimate of drug-likeness (QED) is 0.285. The first-order valence-corrected chi connectivity index (χ1v) is 15.2. The lowest BCUT2D eigenvalue weighted by atomic mass is 10.1. The highest BCUT2D eigenvalue weighted by Crippen LogP contribution is 2.31. The Morgan fingerprint density at radius 2 is 1.57 bits per heavy atom. The number of hydrogen-bond acceptors (Lipinski definition) is 4. The highest BCUT2D eigenvalue weighted by Gasteiger charge is 2.33. The van der Waals surface area contributed by atoms with Gasteiger partial charge < -0.3 is 10.2 Å². The van der Waals surface area contributed by atoms with Crippen LogP contribution in [-0.2, 0) is 26.2 Å². The van der Waals surface area contributed by atoms with Crippen LogP contribution in [0.5, 0.6) is 0 Å². The maximum Gasteiger partial charge on any atom is 0.264 e. The van der Waals surface area contributed by atoms with Gasteiger partial charge in [-0.3, -0.25) is 13.9 Å². The Labute approximate surface area is 247 Å². The van der Waals surface area contributed by atoms with Gasteiger partial charge in [-0.1, -0.05) is 77.7 Å².